The summed E-state index contributed by atoms with van der Waals surface area (Å²) in [6.07, 6.45) is 0.234. The highest BCUT2D eigenvalue weighted by atomic mass is 19.1. The topological polar surface area (TPSA) is 97.0 Å². The summed E-state index contributed by atoms with van der Waals surface area (Å²) in [6, 6.07) is 10.0. The molecule has 1 saturated heterocycles. The van der Waals surface area contributed by atoms with Gasteiger partial charge in [-0.2, -0.15) is 0 Å². The van der Waals surface area contributed by atoms with Crippen LogP contribution in [-0.2, 0) is 16.0 Å². The van der Waals surface area contributed by atoms with Gasteiger partial charge in [0.2, 0.25) is 12.7 Å². The second-order valence-corrected chi connectivity index (χ2v) is 7.86. The van der Waals surface area contributed by atoms with Gasteiger partial charge in [0.25, 0.3) is 5.91 Å². The lowest BCUT2D eigenvalue weighted by Gasteiger charge is -2.22. The third-order valence-corrected chi connectivity index (χ3v) is 5.39. The molecule has 0 saturated carbocycles. The summed E-state index contributed by atoms with van der Waals surface area (Å²) in [6.45, 7) is 3.09. The quantitative estimate of drug-likeness (QED) is 0.690. The zero-order valence-corrected chi connectivity index (χ0v) is 17.1. The summed E-state index contributed by atoms with van der Waals surface area (Å²) in [5.41, 5.74) is 0.310. The van der Waals surface area contributed by atoms with Gasteiger partial charge in [-0.15, -0.1) is 0 Å². The number of hydrogen-bond acceptors (Lipinski definition) is 5. The molecule has 2 aromatic carbocycles. The Kier molecular flexibility index (Phi) is 5.26. The van der Waals surface area contributed by atoms with Crippen molar-refractivity contribution in [3.8, 4) is 11.5 Å². The first-order chi connectivity index (χ1) is 14.7. The molecule has 2 aliphatic heterocycles. The van der Waals surface area contributed by atoms with Gasteiger partial charge >= 0.3 is 6.03 Å². The number of hydrogen-bond donors (Lipinski definition) is 2. The molecule has 2 aliphatic rings. The van der Waals surface area contributed by atoms with Crippen LogP contribution in [0.25, 0.3) is 0 Å². The maximum absolute atomic E-state index is 13.1. The van der Waals surface area contributed by atoms with Gasteiger partial charge in [-0.3, -0.25) is 14.5 Å². The van der Waals surface area contributed by atoms with Crippen LogP contribution in [0.2, 0.25) is 0 Å². The van der Waals surface area contributed by atoms with E-state index in [1.807, 2.05) is 0 Å². The monoisotopic (exact) mass is 427 g/mol. The molecule has 2 N–H and O–H groups in total. The van der Waals surface area contributed by atoms with Crippen LogP contribution in [0.3, 0.4) is 0 Å². The summed E-state index contributed by atoms with van der Waals surface area (Å²) < 4.78 is 23.7. The Morgan fingerprint density at radius 3 is 2.65 bits per heavy atom. The number of carbonyl (C=O) groups is 3. The van der Waals surface area contributed by atoms with E-state index in [4.69, 9.17) is 9.47 Å². The molecule has 4 rings (SSSR count). The molecule has 2 unspecified atom stereocenters. The zero-order valence-electron chi connectivity index (χ0n) is 17.1. The van der Waals surface area contributed by atoms with E-state index in [1.165, 1.54) is 12.1 Å². The molecule has 0 radical (unpaired) electrons. The average Bonchev–Trinajstić information content (AvgIpc) is 3.26. The molecule has 0 aliphatic carbocycles. The van der Waals surface area contributed by atoms with Gasteiger partial charge in [0.1, 0.15) is 17.9 Å². The molecule has 8 nitrogen and oxygen atoms in total. The van der Waals surface area contributed by atoms with Crippen LogP contribution in [0.15, 0.2) is 42.5 Å². The molecule has 31 heavy (non-hydrogen) atoms. The van der Waals surface area contributed by atoms with Gasteiger partial charge < -0.3 is 20.1 Å². The minimum atomic E-state index is -1.19. The SMILES string of the molecule is CC(NC(=O)CN1C(=O)NC(C)(Cc2ccc3c(c2)OCO3)C1=O)c1ccc(F)cc1. The summed E-state index contributed by atoms with van der Waals surface area (Å²) >= 11 is 0. The van der Waals surface area contributed by atoms with E-state index >= 15 is 0 Å². The van der Waals surface area contributed by atoms with E-state index < -0.39 is 36.0 Å². The van der Waals surface area contributed by atoms with Crippen molar-refractivity contribution >= 4 is 17.8 Å². The second-order valence-electron chi connectivity index (χ2n) is 7.86. The molecule has 162 valence electrons. The molecule has 0 bridgehead atoms. The van der Waals surface area contributed by atoms with Crippen LogP contribution >= 0.6 is 0 Å². The third-order valence-electron chi connectivity index (χ3n) is 5.39. The van der Waals surface area contributed by atoms with Crippen LogP contribution in [-0.4, -0.2) is 41.6 Å². The molecule has 2 heterocycles. The van der Waals surface area contributed by atoms with Crippen LogP contribution in [0.1, 0.15) is 31.0 Å². The van der Waals surface area contributed by atoms with Crippen LogP contribution in [0.4, 0.5) is 9.18 Å². The van der Waals surface area contributed by atoms with Crippen LogP contribution in [0, 0.1) is 5.82 Å². The average molecular weight is 427 g/mol. The lowest BCUT2D eigenvalue weighted by molar-refractivity contribution is -0.134. The first kappa shape index (κ1) is 20.6. The largest absolute Gasteiger partial charge is 0.454 e. The minimum absolute atomic E-state index is 0.144. The number of ether oxygens (including phenoxy) is 2. The van der Waals surface area contributed by atoms with E-state index in [0.717, 1.165) is 10.5 Å². The van der Waals surface area contributed by atoms with Gasteiger partial charge in [-0.05, 0) is 49.2 Å². The van der Waals surface area contributed by atoms with Crippen molar-refractivity contribution in [2.45, 2.75) is 31.8 Å². The number of carbonyl (C=O) groups excluding carboxylic acids is 3. The minimum Gasteiger partial charge on any atom is -0.454 e. The van der Waals surface area contributed by atoms with Crippen molar-refractivity contribution in [1.29, 1.82) is 0 Å². The maximum atomic E-state index is 13.1. The number of halogens is 1. The third kappa shape index (κ3) is 4.16. The molecule has 0 spiro atoms. The Bertz CT molecular complexity index is 1040. The summed E-state index contributed by atoms with van der Waals surface area (Å²) in [4.78, 5) is 38.8. The molecule has 1 fully saturated rings. The lowest BCUT2D eigenvalue weighted by Crippen LogP contribution is -2.47. The van der Waals surface area contributed by atoms with Gasteiger partial charge in [-0.1, -0.05) is 18.2 Å². The fourth-order valence-corrected chi connectivity index (χ4v) is 3.74. The molecule has 0 aromatic heterocycles. The first-order valence-corrected chi connectivity index (χ1v) is 9.83. The van der Waals surface area contributed by atoms with E-state index in [0.29, 0.717) is 17.1 Å². The predicted octanol–water partition coefficient (Wildman–Crippen LogP) is 2.28. The summed E-state index contributed by atoms with van der Waals surface area (Å²) in [5, 5.41) is 5.41. The Morgan fingerprint density at radius 2 is 1.90 bits per heavy atom. The molecule has 2 aromatic rings. The van der Waals surface area contributed by atoms with Gasteiger partial charge in [0, 0.05) is 6.42 Å². The number of amides is 4. The number of benzene rings is 2. The zero-order chi connectivity index (χ0) is 22.2. The lowest BCUT2D eigenvalue weighted by atomic mass is 9.92. The number of imide groups is 1. The Balaban J connectivity index is 1.40. The van der Waals surface area contributed by atoms with Gasteiger partial charge in [0.05, 0.1) is 6.04 Å². The Morgan fingerprint density at radius 1 is 1.19 bits per heavy atom. The molecule has 4 amide bonds. The highest BCUT2D eigenvalue weighted by molar-refractivity contribution is 6.09. The van der Waals surface area contributed by atoms with E-state index in [-0.39, 0.29) is 19.0 Å². The molecule has 9 heteroatoms. The fourth-order valence-electron chi connectivity index (χ4n) is 3.74. The summed E-state index contributed by atoms with van der Waals surface area (Å²) in [5.74, 6) is -0.135. The number of urea groups is 1. The van der Waals surface area contributed by atoms with Crippen molar-refractivity contribution in [1.82, 2.24) is 15.5 Å². The van der Waals surface area contributed by atoms with Crippen molar-refractivity contribution < 1.29 is 28.2 Å². The smallest absolute Gasteiger partial charge is 0.325 e. The van der Waals surface area contributed by atoms with Crippen molar-refractivity contribution in [3.05, 3.63) is 59.4 Å². The fraction of sp³-hybridized carbons (Fsp3) is 0.318. The standard InChI is InChI=1S/C22H22FN3O5/c1-13(15-4-6-16(23)7-5-15)24-19(27)11-26-20(28)22(2,25-21(26)29)10-14-3-8-17-18(9-14)31-12-30-17/h3-9,13H,10-12H2,1-2H3,(H,24,27)(H,25,29). The van der Waals surface area contributed by atoms with Crippen molar-refractivity contribution in [3.63, 3.8) is 0 Å². The van der Waals surface area contributed by atoms with E-state index in [1.54, 1.807) is 44.2 Å². The van der Waals surface area contributed by atoms with Crippen molar-refractivity contribution in [2.24, 2.45) is 0 Å². The molecular weight excluding hydrogens is 405 g/mol. The normalized spacial score (nSPS) is 20.5. The Hall–Kier alpha value is -3.62. The number of nitrogens with zero attached hydrogens (tertiary/aromatic N) is 1. The van der Waals surface area contributed by atoms with E-state index in [2.05, 4.69) is 10.6 Å². The van der Waals surface area contributed by atoms with Gasteiger partial charge in [0.15, 0.2) is 11.5 Å². The number of rotatable bonds is 6. The van der Waals surface area contributed by atoms with Crippen LogP contribution < -0.4 is 20.1 Å². The summed E-state index contributed by atoms with van der Waals surface area (Å²) in [7, 11) is 0. The highest BCUT2D eigenvalue weighted by Crippen LogP contribution is 2.34. The van der Waals surface area contributed by atoms with Crippen LogP contribution in [0.5, 0.6) is 11.5 Å². The maximum Gasteiger partial charge on any atom is 0.325 e. The highest BCUT2D eigenvalue weighted by Gasteiger charge is 2.48. The van der Waals surface area contributed by atoms with Gasteiger partial charge in [-0.25, -0.2) is 9.18 Å². The molecular formula is C22H22FN3O5. The van der Waals surface area contributed by atoms with Crippen molar-refractivity contribution in [2.75, 3.05) is 13.3 Å². The van der Waals surface area contributed by atoms with E-state index in [9.17, 15) is 18.8 Å². The first-order valence-electron chi connectivity index (χ1n) is 9.83. The second kappa shape index (κ2) is 7.90. The Labute approximate surface area is 178 Å². The predicted molar refractivity (Wildman–Crippen MR) is 108 cm³/mol. The molecule has 2 atom stereocenters. The number of nitrogens with one attached hydrogen (secondary N) is 2. The number of fused-ring (bicyclic) bond motifs is 1.